The fourth-order valence-electron chi connectivity index (χ4n) is 3.58. The van der Waals surface area contributed by atoms with Crippen LogP contribution in [-0.2, 0) is 17.7 Å². The van der Waals surface area contributed by atoms with Gasteiger partial charge in [-0.3, -0.25) is 9.78 Å². The molecule has 24 heavy (non-hydrogen) atoms. The Morgan fingerprint density at radius 2 is 2.17 bits per heavy atom. The maximum Gasteiger partial charge on any atom is 0.409 e. The van der Waals surface area contributed by atoms with Gasteiger partial charge in [0.15, 0.2) is 0 Å². The van der Waals surface area contributed by atoms with Crippen molar-refractivity contribution in [3.05, 3.63) is 29.1 Å². The molecule has 1 N–H and O–H groups in total. The minimum Gasteiger partial charge on any atom is -0.453 e. The Hall–Kier alpha value is -2.15. The molecule has 3 rings (SSSR count). The van der Waals surface area contributed by atoms with Gasteiger partial charge >= 0.3 is 6.09 Å². The first-order valence-electron chi connectivity index (χ1n) is 8.36. The number of methoxy groups -OCH3 is 1. The molecule has 0 spiro atoms. The number of aliphatic hydroxyl groups excluding tert-OH is 1. The van der Waals surface area contributed by atoms with E-state index in [-0.39, 0.29) is 24.6 Å². The molecule has 1 saturated heterocycles. The van der Waals surface area contributed by atoms with Crippen LogP contribution in [0.1, 0.15) is 40.7 Å². The zero-order valence-electron chi connectivity index (χ0n) is 13.9. The van der Waals surface area contributed by atoms with Crippen LogP contribution in [0.25, 0.3) is 0 Å². The Balaban J connectivity index is 1.85. The Morgan fingerprint density at radius 3 is 2.92 bits per heavy atom. The van der Waals surface area contributed by atoms with Gasteiger partial charge in [-0.1, -0.05) is 0 Å². The van der Waals surface area contributed by atoms with Crippen LogP contribution in [0.15, 0.2) is 12.4 Å². The summed E-state index contributed by atoms with van der Waals surface area (Å²) >= 11 is 0. The number of aliphatic hydroxyl groups is 1. The molecule has 0 saturated carbocycles. The number of amides is 2. The Morgan fingerprint density at radius 1 is 1.33 bits per heavy atom. The zero-order valence-corrected chi connectivity index (χ0v) is 13.9. The van der Waals surface area contributed by atoms with E-state index in [1.54, 1.807) is 22.2 Å². The maximum absolute atomic E-state index is 13.0. The van der Waals surface area contributed by atoms with Crippen molar-refractivity contribution in [3.63, 3.8) is 0 Å². The SMILES string of the molecule is COC(=O)N1CCc2c(cncc2C(=O)N2CCCCC2CO)C1. The van der Waals surface area contributed by atoms with Gasteiger partial charge in [0.2, 0.25) is 0 Å². The number of piperidine rings is 1. The minimum atomic E-state index is -0.367. The van der Waals surface area contributed by atoms with E-state index < -0.39 is 0 Å². The van der Waals surface area contributed by atoms with Crippen LogP contribution >= 0.6 is 0 Å². The van der Waals surface area contributed by atoms with Crippen molar-refractivity contribution in [1.29, 1.82) is 0 Å². The highest BCUT2D eigenvalue weighted by Gasteiger charge is 2.31. The van der Waals surface area contributed by atoms with E-state index in [2.05, 4.69) is 4.98 Å². The standard InChI is InChI=1S/C17H23N3O4/c1-24-17(23)19-7-5-14-12(10-19)8-18-9-15(14)16(22)20-6-3-2-4-13(20)11-21/h8-9,13,21H,2-7,10-11H2,1H3. The van der Waals surface area contributed by atoms with Crippen molar-refractivity contribution < 1.29 is 19.4 Å². The number of likely N-dealkylation sites (tertiary alicyclic amines) is 1. The van der Waals surface area contributed by atoms with Crippen LogP contribution in [-0.4, -0.2) is 64.7 Å². The lowest BCUT2D eigenvalue weighted by molar-refractivity contribution is 0.0500. The molecule has 1 fully saturated rings. The first-order chi connectivity index (χ1) is 11.7. The Kier molecular flexibility index (Phi) is 4.99. The lowest BCUT2D eigenvalue weighted by Crippen LogP contribution is -2.46. The number of hydrogen-bond acceptors (Lipinski definition) is 5. The molecule has 130 valence electrons. The van der Waals surface area contributed by atoms with Crippen LogP contribution in [0.2, 0.25) is 0 Å². The number of carbonyl (C=O) groups excluding carboxylic acids is 2. The smallest absolute Gasteiger partial charge is 0.409 e. The van der Waals surface area contributed by atoms with Crippen molar-refractivity contribution in [2.75, 3.05) is 26.8 Å². The highest BCUT2D eigenvalue weighted by Crippen LogP contribution is 2.25. The summed E-state index contributed by atoms with van der Waals surface area (Å²) in [7, 11) is 1.36. The largest absolute Gasteiger partial charge is 0.453 e. The van der Waals surface area contributed by atoms with Crippen molar-refractivity contribution in [3.8, 4) is 0 Å². The third kappa shape index (κ3) is 3.08. The summed E-state index contributed by atoms with van der Waals surface area (Å²) in [4.78, 5) is 32.3. The molecule has 0 bridgehead atoms. The number of ether oxygens (including phenoxy) is 1. The lowest BCUT2D eigenvalue weighted by Gasteiger charge is -2.36. The quantitative estimate of drug-likeness (QED) is 0.879. The second-order valence-corrected chi connectivity index (χ2v) is 6.30. The molecule has 2 aliphatic rings. The molecule has 1 aromatic rings. The minimum absolute atomic E-state index is 0.00961. The molecule has 1 aromatic heterocycles. The van der Waals surface area contributed by atoms with E-state index in [0.717, 1.165) is 30.4 Å². The molecule has 7 heteroatoms. The van der Waals surface area contributed by atoms with Crippen molar-refractivity contribution in [2.45, 2.75) is 38.3 Å². The van der Waals surface area contributed by atoms with Gasteiger partial charge in [0.25, 0.3) is 5.91 Å². The Bertz CT molecular complexity index is 634. The highest BCUT2D eigenvalue weighted by molar-refractivity contribution is 5.96. The molecule has 0 aliphatic carbocycles. The van der Waals surface area contributed by atoms with Gasteiger partial charge < -0.3 is 19.6 Å². The number of pyridine rings is 1. The normalized spacial score (nSPS) is 20.5. The highest BCUT2D eigenvalue weighted by atomic mass is 16.5. The predicted octanol–water partition coefficient (Wildman–Crippen LogP) is 1.19. The zero-order chi connectivity index (χ0) is 17.1. The van der Waals surface area contributed by atoms with Crippen LogP contribution in [0.4, 0.5) is 4.79 Å². The second kappa shape index (κ2) is 7.17. The molecule has 0 aromatic carbocycles. The third-order valence-electron chi connectivity index (χ3n) is 4.90. The van der Waals surface area contributed by atoms with Gasteiger partial charge in [0.05, 0.1) is 31.9 Å². The summed E-state index contributed by atoms with van der Waals surface area (Å²) in [6.45, 7) is 1.58. The lowest BCUT2D eigenvalue weighted by atomic mass is 9.95. The van der Waals surface area contributed by atoms with Crippen LogP contribution in [0.3, 0.4) is 0 Å². The number of fused-ring (bicyclic) bond motifs is 1. The van der Waals surface area contributed by atoms with E-state index in [4.69, 9.17) is 4.74 Å². The topological polar surface area (TPSA) is 83.0 Å². The van der Waals surface area contributed by atoms with Crippen LogP contribution < -0.4 is 0 Å². The van der Waals surface area contributed by atoms with E-state index in [9.17, 15) is 14.7 Å². The van der Waals surface area contributed by atoms with E-state index in [0.29, 0.717) is 31.6 Å². The van der Waals surface area contributed by atoms with Gasteiger partial charge in [-0.25, -0.2) is 4.79 Å². The monoisotopic (exact) mass is 333 g/mol. The van der Waals surface area contributed by atoms with E-state index >= 15 is 0 Å². The van der Waals surface area contributed by atoms with Gasteiger partial charge in [-0.15, -0.1) is 0 Å². The number of carbonyl (C=O) groups is 2. The van der Waals surface area contributed by atoms with Gasteiger partial charge in [-0.05, 0) is 36.8 Å². The first kappa shape index (κ1) is 16.7. The average Bonchev–Trinajstić information content (AvgIpc) is 2.65. The average molecular weight is 333 g/mol. The van der Waals surface area contributed by atoms with Gasteiger partial charge in [0.1, 0.15) is 0 Å². The first-order valence-corrected chi connectivity index (χ1v) is 8.36. The molecule has 1 unspecified atom stereocenters. The van der Waals surface area contributed by atoms with Crippen LogP contribution in [0, 0.1) is 0 Å². The van der Waals surface area contributed by atoms with Crippen molar-refractivity contribution in [1.82, 2.24) is 14.8 Å². The predicted molar refractivity (Wildman–Crippen MR) is 86.5 cm³/mol. The van der Waals surface area contributed by atoms with Gasteiger partial charge in [-0.2, -0.15) is 0 Å². The summed E-state index contributed by atoms with van der Waals surface area (Å²) in [5.74, 6) is -0.0652. The molecule has 7 nitrogen and oxygen atoms in total. The molecular weight excluding hydrogens is 310 g/mol. The molecule has 3 heterocycles. The summed E-state index contributed by atoms with van der Waals surface area (Å²) < 4.78 is 4.77. The number of nitrogens with zero attached hydrogens (tertiary/aromatic N) is 3. The maximum atomic E-state index is 13.0. The summed E-state index contributed by atoms with van der Waals surface area (Å²) in [6.07, 6.45) is 6.38. The molecule has 2 amide bonds. The third-order valence-corrected chi connectivity index (χ3v) is 4.90. The molecular formula is C17H23N3O4. The summed E-state index contributed by atoms with van der Waals surface area (Å²) in [5, 5.41) is 9.55. The number of aromatic nitrogens is 1. The second-order valence-electron chi connectivity index (χ2n) is 6.30. The van der Waals surface area contributed by atoms with Crippen LogP contribution in [0.5, 0.6) is 0 Å². The summed E-state index contributed by atoms with van der Waals surface area (Å²) in [6, 6.07) is -0.114. The fraction of sp³-hybridized carbons (Fsp3) is 0.588. The fourth-order valence-corrected chi connectivity index (χ4v) is 3.58. The van der Waals surface area contributed by atoms with E-state index in [1.807, 2.05) is 0 Å². The number of rotatable bonds is 2. The Labute approximate surface area is 141 Å². The molecule has 0 radical (unpaired) electrons. The molecule has 2 aliphatic heterocycles. The molecule has 1 atom stereocenters. The number of hydrogen-bond donors (Lipinski definition) is 1. The van der Waals surface area contributed by atoms with Crippen molar-refractivity contribution >= 4 is 12.0 Å². The van der Waals surface area contributed by atoms with E-state index in [1.165, 1.54) is 7.11 Å². The van der Waals surface area contributed by atoms with Crippen molar-refractivity contribution in [2.24, 2.45) is 0 Å². The summed E-state index contributed by atoms with van der Waals surface area (Å²) in [5.41, 5.74) is 2.44. The van der Waals surface area contributed by atoms with Gasteiger partial charge in [0, 0.05) is 25.5 Å².